The fourth-order valence-corrected chi connectivity index (χ4v) is 4.11. The first kappa shape index (κ1) is 29.5. The van der Waals surface area contributed by atoms with Crippen molar-refractivity contribution in [3.63, 3.8) is 0 Å². The van der Waals surface area contributed by atoms with Gasteiger partial charge in [-0.15, -0.1) is 0 Å². The minimum Gasteiger partial charge on any atom is -0.483 e. The molecule has 1 aliphatic heterocycles. The molecular formula is C29H32F3N3O4. The molecule has 10 heteroatoms. The van der Waals surface area contributed by atoms with E-state index in [1.165, 1.54) is 10.8 Å². The Morgan fingerprint density at radius 1 is 1.03 bits per heavy atom. The van der Waals surface area contributed by atoms with E-state index in [-0.39, 0.29) is 29.5 Å². The molecule has 0 aliphatic carbocycles. The Morgan fingerprint density at radius 3 is 2.33 bits per heavy atom. The van der Waals surface area contributed by atoms with Gasteiger partial charge >= 0.3 is 0 Å². The molecule has 1 aliphatic rings. The molecule has 1 aromatic heterocycles. The van der Waals surface area contributed by atoms with E-state index >= 15 is 0 Å². The van der Waals surface area contributed by atoms with Crippen LogP contribution in [0.4, 0.5) is 13.2 Å². The zero-order valence-electron chi connectivity index (χ0n) is 22.2. The lowest BCUT2D eigenvalue weighted by atomic mass is 10.1. The highest BCUT2D eigenvalue weighted by Gasteiger charge is 2.31. The van der Waals surface area contributed by atoms with Crippen LogP contribution in [0, 0.1) is 17.5 Å². The minimum atomic E-state index is -1.16. The summed E-state index contributed by atoms with van der Waals surface area (Å²) < 4.78 is 48.5. The number of pyridine rings is 1. The van der Waals surface area contributed by atoms with E-state index in [1.807, 2.05) is 26.8 Å². The second kappa shape index (κ2) is 13.6. The Balaban J connectivity index is 0.00000205. The molecule has 1 N–H and O–H groups in total. The van der Waals surface area contributed by atoms with Crippen LogP contribution in [0.2, 0.25) is 0 Å². The van der Waals surface area contributed by atoms with Crippen molar-refractivity contribution in [1.29, 1.82) is 0 Å². The number of carbonyl (C=O) groups is 2. The Hall–Kier alpha value is -4.08. The highest BCUT2D eigenvalue weighted by atomic mass is 19.1. The van der Waals surface area contributed by atoms with Gasteiger partial charge in [0.25, 0.3) is 11.8 Å². The highest BCUT2D eigenvalue weighted by Crippen LogP contribution is 2.23. The quantitative estimate of drug-likeness (QED) is 0.409. The van der Waals surface area contributed by atoms with Crippen molar-refractivity contribution in [2.45, 2.75) is 53.3 Å². The zero-order valence-corrected chi connectivity index (χ0v) is 22.2. The number of fused-ring (bicyclic) bond motifs is 1. The van der Waals surface area contributed by atoms with E-state index in [0.29, 0.717) is 31.8 Å². The summed E-state index contributed by atoms with van der Waals surface area (Å²) in [5, 5.41) is 2.31. The Labute approximate surface area is 225 Å². The first-order valence-electron chi connectivity index (χ1n) is 12.9. The predicted molar refractivity (Wildman–Crippen MR) is 141 cm³/mol. The smallest absolute Gasteiger partial charge is 0.274 e. The highest BCUT2D eigenvalue weighted by molar-refractivity contribution is 5.99. The van der Waals surface area contributed by atoms with Crippen molar-refractivity contribution >= 4 is 11.8 Å². The number of hydrogen-bond donors (Lipinski definition) is 1. The molecule has 0 radical (unpaired) electrons. The number of benzene rings is 2. The van der Waals surface area contributed by atoms with Crippen molar-refractivity contribution in [1.82, 2.24) is 14.8 Å². The summed E-state index contributed by atoms with van der Waals surface area (Å²) in [7, 11) is 0. The molecule has 0 saturated heterocycles. The van der Waals surface area contributed by atoms with Crippen LogP contribution in [-0.4, -0.2) is 34.4 Å². The molecule has 39 heavy (non-hydrogen) atoms. The van der Waals surface area contributed by atoms with Crippen molar-refractivity contribution in [2.24, 2.45) is 0 Å². The number of rotatable bonds is 9. The number of unbranched alkanes of at least 4 members (excludes halogenated alkanes) is 1. The first-order chi connectivity index (χ1) is 18.8. The molecule has 2 heterocycles. The van der Waals surface area contributed by atoms with Crippen molar-refractivity contribution < 1.29 is 27.5 Å². The van der Waals surface area contributed by atoms with Gasteiger partial charge in [0.1, 0.15) is 29.6 Å². The number of hydrogen-bond acceptors (Lipinski definition) is 4. The second-order valence-corrected chi connectivity index (χ2v) is 8.69. The largest absolute Gasteiger partial charge is 0.483 e. The van der Waals surface area contributed by atoms with E-state index in [0.717, 1.165) is 18.4 Å². The minimum absolute atomic E-state index is 0.0115. The van der Waals surface area contributed by atoms with Crippen LogP contribution in [0.3, 0.4) is 0 Å². The van der Waals surface area contributed by atoms with Crippen molar-refractivity contribution in [3.05, 3.63) is 98.7 Å². The van der Waals surface area contributed by atoms with Gasteiger partial charge in [-0.25, -0.2) is 13.2 Å². The van der Waals surface area contributed by atoms with E-state index in [4.69, 9.17) is 4.74 Å². The molecule has 0 saturated carbocycles. The Morgan fingerprint density at radius 2 is 1.69 bits per heavy atom. The molecular weight excluding hydrogens is 511 g/mol. The fourth-order valence-electron chi connectivity index (χ4n) is 4.11. The third-order valence-electron chi connectivity index (χ3n) is 6.12. The van der Waals surface area contributed by atoms with Crippen LogP contribution in [0.1, 0.15) is 65.6 Å². The lowest BCUT2D eigenvalue weighted by Gasteiger charge is -2.31. The maximum absolute atomic E-state index is 14.0. The zero-order chi connectivity index (χ0) is 28.5. The average molecular weight is 544 g/mol. The van der Waals surface area contributed by atoms with Crippen molar-refractivity contribution in [2.75, 3.05) is 13.1 Å². The van der Waals surface area contributed by atoms with Crippen LogP contribution in [-0.2, 0) is 19.7 Å². The normalized spacial score (nSPS) is 12.4. The van der Waals surface area contributed by atoms with Gasteiger partial charge in [0.05, 0.1) is 0 Å². The van der Waals surface area contributed by atoms with Gasteiger partial charge in [0.15, 0.2) is 11.4 Å². The summed E-state index contributed by atoms with van der Waals surface area (Å²) in [6.07, 6.45) is 2.95. The summed E-state index contributed by atoms with van der Waals surface area (Å²) in [6, 6.07) is 10.0. The molecule has 3 aromatic rings. The van der Waals surface area contributed by atoms with Gasteiger partial charge in [0.2, 0.25) is 5.43 Å². The maximum Gasteiger partial charge on any atom is 0.274 e. The molecule has 0 spiro atoms. The average Bonchev–Trinajstić information content (AvgIpc) is 2.93. The Kier molecular flexibility index (Phi) is 10.3. The van der Waals surface area contributed by atoms with E-state index < -0.39 is 40.9 Å². The summed E-state index contributed by atoms with van der Waals surface area (Å²) in [5.74, 6) is -4.96. The monoisotopic (exact) mass is 543 g/mol. The molecule has 0 fully saturated rings. The molecule has 7 nitrogen and oxygen atoms in total. The molecule has 0 unspecified atom stereocenters. The van der Waals surface area contributed by atoms with Gasteiger partial charge in [-0.3, -0.25) is 14.4 Å². The number of halogens is 3. The van der Waals surface area contributed by atoms with Crippen LogP contribution in [0.25, 0.3) is 0 Å². The molecule has 4 rings (SSSR count). The number of carbonyl (C=O) groups excluding carboxylic acids is 2. The van der Waals surface area contributed by atoms with E-state index in [9.17, 15) is 27.6 Å². The summed E-state index contributed by atoms with van der Waals surface area (Å²) in [4.78, 5) is 41.2. The third kappa shape index (κ3) is 6.87. The first-order valence-corrected chi connectivity index (χ1v) is 12.9. The third-order valence-corrected chi connectivity index (χ3v) is 6.12. The van der Waals surface area contributed by atoms with Gasteiger partial charge in [-0.05, 0) is 12.0 Å². The molecule has 0 atom stereocenters. The van der Waals surface area contributed by atoms with Gasteiger partial charge in [0, 0.05) is 50.1 Å². The van der Waals surface area contributed by atoms with Crippen LogP contribution >= 0.6 is 0 Å². The summed E-state index contributed by atoms with van der Waals surface area (Å²) in [5.41, 5.74) is -0.899. The maximum atomic E-state index is 14.0. The number of nitrogens with one attached hydrogen (secondary N) is 1. The lowest BCUT2D eigenvalue weighted by Crippen LogP contribution is -2.43. The molecule has 0 bridgehead atoms. The SMILES string of the molecule is CC.CCCCN1CCn2cc(C(=O)NCc3c(F)cc(F)cc3F)c(=O)c(OCc3ccccc3)c2C1=O. The number of amides is 2. The number of ether oxygens (including phenoxy) is 1. The van der Waals surface area contributed by atoms with Crippen LogP contribution < -0.4 is 15.5 Å². The van der Waals surface area contributed by atoms with Crippen LogP contribution in [0.5, 0.6) is 5.75 Å². The number of nitrogens with zero attached hydrogens (tertiary/aromatic N) is 2. The topological polar surface area (TPSA) is 80.6 Å². The second-order valence-electron chi connectivity index (χ2n) is 8.69. The summed E-state index contributed by atoms with van der Waals surface area (Å²) in [6.45, 7) is 6.63. The standard InChI is InChI=1S/C27H26F3N3O4.C2H6/c1-2-3-9-32-10-11-33-15-20(26(35)31-14-19-21(29)12-18(28)13-22(19)30)24(34)25(23(33)27(32)36)37-16-17-7-5-4-6-8-17;1-2/h4-8,12-13,15H,2-3,9-11,14,16H2,1H3,(H,31,35);1-2H3. The number of aromatic nitrogens is 1. The van der Waals surface area contributed by atoms with Gasteiger partial charge < -0.3 is 19.5 Å². The Bertz CT molecular complexity index is 1350. The van der Waals surface area contributed by atoms with Gasteiger partial charge in [-0.2, -0.15) is 0 Å². The molecule has 2 amide bonds. The van der Waals surface area contributed by atoms with E-state index in [1.54, 1.807) is 29.2 Å². The lowest BCUT2D eigenvalue weighted by molar-refractivity contribution is 0.0690. The fraction of sp³-hybridized carbons (Fsp3) is 0.345. The van der Waals surface area contributed by atoms with E-state index in [2.05, 4.69) is 5.32 Å². The van der Waals surface area contributed by atoms with Gasteiger partial charge in [-0.1, -0.05) is 57.5 Å². The summed E-state index contributed by atoms with van der Waals surface area (Å²) >= 11 is 0. The van der Waals surface area contributed by atoms with Crippen molar-refractivity contribution in [3.8, 4) is 5.75 Å². The van der Waals surface area contributed by atoms with Crippen LogP contribution in [0.15, 0.2) is 53.5 Å². The molecule has 208 valence electrons. The predicted octanol–water partition coefficient (Wildman–Crippen LogP) is 5.06. The molecule has 2 aromatic carbocycles.